The molecule has 2 aromatic rings. The van der Waals surface area contributed by atoms with Gasteiger partial charge in [0.2, 0.25) is 0 Å². The quantitative estimate of drug-likeness (QED) is 0.484. The van der Waals surface area contributed by atoms with Crippen LogP contribution in [0.5, 0.6) is 0 Å². The Balaban J connectivity index is 1.52. The first-order chi connectivity index (χ1) is 13.4. The van der Waals surface area contributed by atoms with Gasteiger partial charge in [0.25, 0.3) is 10.0 Å². The van der Waals surface area contributed by atoms with Crippen molar-refractivity contribution in [3.63, 3.8) is 0 Å². The zero-order chi connectivity index (χ0) is 20.1. The minimum Gasteiger partial charge on any atom is -0.384 e. The molecule has 1 saturated heterocycles. The number of hydrogen-bond acceptors (Lipinski definition) is 7. The van der Waals surface area contributed by atoms with Crippen molar-refractivity contribution in [1.29, 1.82) is 0 Å². The van der Waals surface area contributed by atoms with Gasteiger partial charge in [-0.1, -0.05) is 11.6 Å². The van der Waals surface area contributed by atoms with Crippen LogP contribution in [-0.2, 0) is 10.0 Å². The highest BCUT2D eigenvalue weighted by Gasteiger charge is 2.24. The second kappa shape index (κ2) is 9.36. The lowest BCUT2D eigenvalue weighted by Gasteiger charge is -2.38. The predicted octanol–water partition coefficient (Wildman–Crippen LogP) is 2.82. The molecule has 1 aromatic heterocycles. The van der Waals surface area contributed by atoms with Crippen LogP contribution in [0.25, 0.3) is 0 Å². The number of rotatable bonds is 10. The number of nitrogens with one attached hydrogen (secondary N) is 2. The van der Waals surface area contributed by atoms with E-state index in [4.69, 9.17) is 17.3 Å². The Hall–Kier alpha value is -1.46. The Bertz CT molecular complexity index is 889. The molecule has 11 heteroatoms. The summed E-state index contributed by atoms with van der Waals surface area (Å²) in [5, 5.41) is 5.00. The molecule has 0 amide bonds. The molecule has 1 aromatic carbocycles. The van der Waals surface area contributed by atoms with E-state index < -0.39 is 20.7 Å². The molecule has 154 valence electrons. The lowest BCUT2D eigenvalue weighted by Crippen LogP contribution is -2.49. The third kappa shape index (κ3) is 5.32. The molecule has 3 rings (SSSR count). The molecule has 0 spiro atoms. The van der Waals surface area contributed by atoms with Crippen molar-refractivity contribution in [2.24, 2.45) is 11.7 Å². The van der Waals surface area contributed by atoms with Gasteiger partial charge in [-0.3, -0.25) is 4.72 Å². The van der Waals surface area contributed by atoms with Crippen LogP contribution in [-0.4, -0.2) is 51.0 Å². The Labute approximate surface area is 173 Å². The average molecular weight is 448 g/mol. The maximum Gasteiger partial charge on any atom is 0.266 e. The number of unbranched alkanes of at least 4 members (excludes halogenated alkanes) is 1. The van der Waals surface area contributed by atoms with Gasteiger partial charge in [-0.15, -0.1) is 11.3 Å². The summed E-state index contributed by atoms with van der Waals surface area (Å²) in [6, 6.07) is 2.22. The summed E-state index contributed by atoms with van der Waals surface area (Å²) < 4.78 is 41.3. The molecule has 0 unspecified atom stereocenters. The fraction of sp³-hybridized carbons (Fsp3) is 0.471. The maximum absolute atomic E-state index is 14.4. The van der Waals surface area contributed by atoms with Crippen LogP contribution >= 0.6 is 22.9 Å². The highest BCUT2D eigenvalue weighted by molar-refractivity contribution is 7.93. The van der Waals surface area contributed by atoms with E-state index in [9.17, 15) is 12.8 Å². The average Bonchev–Trinajstić information content (AvgIpc) is 3.10. The van der Waals surface area contributed by atoms with Gasteiger partial charge in [-0.25, -0.2) is 17.8 Å². The van der Waals surface area contributed by atoms with Crippen molar-refractivity contribution >= 4 is 43.8 Å². The monoisotopic (exact) mass is 447 g/mol. The van der Waals surface area contributed by atoms with E-state index in [1.807, 2.05) is 0 Å². The van der Waals surface area contributed by atoms with Crippen molar-refractivity contribution in [1.82, 2.24) is 9.88 Å². The summed E-state index contributed by atoms with van der Waals surface area (Å²) in [5.41, 5.74) is 5.98. The van der Waals surface area contributed by atoms with Crippen molar-refractivity contribution < 1.29 is 12.8 Å². The summed E-state index contributed by atoms with van der Waals surface area (Å²) in [4.78, 5) is 5.69. The number of likely N-dealkylation sites (tertiary alicyclic amines) is 1. The summed E-state index contributed by atoms with van der Waals surface area (Å²) in [6.07, 6.45) is 3.36. The smallest absolute Gasteiger partial charge is 0.266 e. The number of aromatic nitrogens is 1. The normalized spacial score (nSPS) is 15.4. The lowest BCUT2D eigenvalue weighted by molar-refractivity contribution is 0.104. The van der Waals surface area contributed by atoms with Crippen molar-refractivity contribution in [2.75, 3.05) is 42.8 Å². The molecule has 2 heterocycles. The van der Waals surface area contributed by atoms with Crippen molar-refractivity contribution in [2.45, 2.75) is 17.7 Å². The number of hydrogen-bond donors (Lipinski definition) is 3. The van der Waals surface area contributed by atoms with Gasteiger partial charge in [0.1, 0.15) is 10.7 Å². The fourth-order valence-electron chi connectivity index (χ4n) is 3.01. The van der Waals surface area contributed by atoms with Gasteiger partial charge >= 0.3 is 0 Å². The lowest BCUT2D eigenvalue weighted by atomic mass is 10.0. The first-order valence-corrected chi connectivity index (χ1v) is 11.7. The zero-order valence-corrected chi connectivity index (χ0v) is 17.6. The molecular weight excluding hydrogens is 425 g/mol. The van der Waals surface area contributed by atoms with E-state index in [0.717, 1.165) is 62.5 Å². The topological polar surface area (TPSA) is 100 Å². The number of benzene rings is 1. The molecule has 0 aliphatic carbocycles. The fourth-order valence-corrected chi connectivity index (χ4v) is 5.18. The minimum atomic E-state index is -4.10. The van der Waals surface area contributed by atoms with Crippen LogP contribution in [0.2, 0.25) is 5.02 Å². The largest absolute Gasteiger partial charge is 0.384 e. The van der Waals surface area contributed by atoms with Gasteiger partial charge in [0, 0.05) is 31.2 Å². The van der Waals surface area contributed by atoms with Gasteiger partial charge in [-0.05, 0) is 44.0 Å². The molecule has 0 saturated carbocycles. The van der Waals surface area contributed by atoms with E-state index in [1.54, 1.807) is 5.38 Å². The van der Waals surface area contributed by atoms with Crippen molar-refractivity contribution in [3.05, 3.63) is 34.5 Å². The van der Waals surface area contributed by atoms with Crippen LogP contribution in [0.15, 0.2) is 28.6 Å². The van der Waals surface area contributed by atoms with E-state index in [1.165, 1.54) is 6.20 Å². The summed E-state index contributed by atoms with van der Waals surface area (Å²) in [7, 11) is -4.10. The summed E-state index contributed by atoms with van der Waals surface area (Å²) in [5.74, 6) is -0.246. The van der Waals surface area contributed by atoms with Crippen LogP contribution in [0.3, 0.4) is 0 Å². The maximum atomic E-state index is 14.4. The van der Waals surface area contributed by atoms with Crippen molar-refractivity contribution in [3.8, 4) is 0 Å². The van der Waals surface area contributed by atoms with Gasteiger partial charge in [-0.2, -0.15) is 0 Å². The molecule has 1 aliphatic heterocycles. The predicted molar refractivity (Wildman–Crippen MR) is 111 cm³/mol. The number of nitrogens with zero attached hydrogens (tertiary/aromatic N) is 2. The molecule has 0 atom stereocenters. The first kappa shape index (κ1) is 21.3. The second-order valence-electron chi connectivity index (χ2n) is 6.70. The summed E-state index contributed by atoms with van der Waals surface area (Å²) in [6.45, 7) is 4.50. The highest BCUT2D eigenvalue weighted by Crippen LogP contribution is 2.29. The molecule has 0 bridgehead atoms. The summed E-state index contributed by atoms with van der Waals surface area (Å²) >= 11 is 7.27. The molecular formula is C17H23ClFN5O2S2. The van der Waals surface area contributed by atoms with E-state index in [2.05, 4.69) is 19.9 Å². The van der Waals surface area contributed by atoms with E-state index in [-0.39, 0.29) is 10.2 Å². The molecule has 1 fully saturated rings. The van der Waals surface area contributed by atoms with Crippen LogP contribution in [0.1, 0.15) is 12.8 Å². The SMILES string of the molecule is NCC1CN(CCCCNc2cc(F)c(S(=O)(=O)Nc3nccs3)cc2Cl)C1. The standard InChI is InChI=1S/C17H23ClFN5O2S2/c18-13-7-16(28(25,26)23-17-22-4-6-27-17)14(19)8-15(13)21-3-1-2-5-24-10-12(9-20)11-24/h4,6-8,12,21H,1-3,5,9-11,20H2,(H,22,23). The molecule has 28 heavy (non-hydrogen) atoms. The molecule has 7 nitrogen and oxygen atoms in total. The van der Waals surface area contributed by atoms with Crippen LogP contribution < -0.4 is 15.8 Å². The van der Waals surface area contributed by atoms with Crippen LogP contribution in [0, 0.1) is 11.7 Å². The third-order valence-corrected chi connectivity index (χ3v) is 7.03. The Morgan fingerprint density at radius 1 is 1.36 bits per heavy atom. The molecule has 1 aliphatic rings. The molecule has 4 N–H and O–H groups in total. The highest BCUT2D eigenvalue weighted by atomic mass is 35.5. The number of halogens is 2. The third-order valence-electron chi connectivity index (χ3n) is 4.55. The Morgan fingerprint density at radius 3 is 2.82 bits per heavy atom. The van der Waals surface area contributed by atoms with Gasteiger partial charge in [0.05, 0.1) is 10.7 Å². The van der Waals surface area contributed by atoms with E-state index in [0.29, 0.717) is 18.2 Å². The Morgan fingerprint density at radius 2 is 2.14 bits per heavy atom. The van der Waals surface area contributed by atoms with E-state index >= 15 is 0 Å². The molecule has 0 radical (unpaired) electrons. The van der Waals surface area contributed by atoms with Crippen LogP contribution in [0.4, 0.5) is 15.2 Å². The number of thiazole rings is 1. The number of sulfonamides is 1. The second-order valence-corrected chi connectivity index (χ2v) is 9.65. The first-order valence-electron chi connectivity index (χ1n) is 8.96. The Kier molecular flexibility index (Phi) is 7.10. The number of nitrogens with two attached hydrogens (primary N) is 1. The number of anilines is 2. The van der Waals surface area contributed by atoms with Gasteiger partial charge < -0.3 is 16.0 Å². The minimum absolute atomic E-state index is 0.148. The zero-order valence-electron chi connectivity index (χ0n) is 15.2. The van der Waals surface area contributed by atoms with Gasteiger partial charge in [0.15, 0.2) is 5.13 Å².